The minimum absolute atomic E-state index is 0.388. The van der Waals surface area contributed by atoms with Crippen molar-refractivity contribution >= 4 is 17.3 Å². The predicted molar refractivity (Wildman–Crippen MR) is 51.5 cm³/mol. The van der Waals surface area contributed by atoms with Crippen LogP contribution < -0.4 is 11.3 Å². The molecule has 3 N–H and O–H groups in total. The molecule has 0 radical (unpaired) electrons. The zero-order valence-electron chi connectivity index (χ0n) is 6.90. The van der Waals surface area contributed by atoms with Gasteiger partial charge in [-0.1, -0.05) is 30.3 Å². The van der Waals surface area contributed by atoms with Crippen LogP contribution in [0.4, 0.5) is 4.79 Å². The molecule has 1 rings (SSSR count). The van der Waals surface area contributed by atoms with Gasteiger partial charge in [-0.15, -0.1) is 0 Å². The van der Waals surface area contributed by atoms with E-state index in [1.165, 1.54) is 0 Å². The Hall–Kier alpha value is -1.04. The van der Waals surface area contributed by atoms with E-state index in [-0.39, 0.29) is 0 Å². The maximum Gasteiger partial charge on any atom is 0.320 e. The van der Waals surface area contributed by atoms with Gasteiger partial charge in [-0.05, 0) is 5.56 Å². The Labute approximate surface area is 80.6 Å². The summed E-state index contributed by atoms with van der Waals surface area (Å²) in [5.41, 5.74) is 2.96. The Kier molecular flexibility index (Phi) is 4.31. The van der Waals surface area contributed by atoms with Crippen molar-refractivity contribution in [1.29, 1.82) is 0 Å². The van der Waals surface area contributed by atoms with Crippen LogP contribution >= 0.6 is 12.0 Å². The van der Waals surface area contributed by atoms with Crippen LogP contribution in [0.25, 0.3) is 0 Å². The first-order chi connectivity index (χ1) is 6.33. The second-order valence-corrected chi connectivity index (χ2v) is 3.04. The summed E-state index contributed by atoms with van der Waals surface area (Å²) >= 11 is 0.696. The third-order valence-corrected chi connectivity index (χ3v) is 1.83. The van der Waals surface area contributed by atoms with Gasteiger partial charge in [0.25, 0.3) is 0 Å². The lowest BCUT2D eigenvalue weighted by atomic mass is 10.2. The first kappa shape index (κ1) is 10.0. The molecule has 0 saturated heterocycles. The van der Waals surface area contributed by atoms with Crippen molar-refractivity contribution in [2.45, 2.75) is 6.61 Å². The number of nitrogens with one attached hydrogen (secondary N) is 1. The maximum absolute atomic E-state index is 10.6. The molecule has 0 aliphatic heterocycles. The Balaban J connectivity index is 2.24. The fourth-order valence-electron chi connectivity index (χ4n) is 0.749. The molecule has 0 unspecified atom stereocenters. The maximum atomic E-state index is 10.6. The molecule has 0 aromatic heterocycles. The van der Waals surface area contributed by atoms with Gasteiger partial charge < -0.3 is 4.18 Å². The first-order valence-corrected chi connectivity index (χ1v) is 4.41. The van der Waals surface area contributed by atoms with Gasteiger partial charge in [-0.25, -0.2) is 5.84 Å². The van der Waals surface area contributed by atoms with E-state index in [4.69, 9.17) is 10.0 Å². The summed E-state index contributed by atoms with van der Waals surface area (Å²) < 4.78 is 5.00. The van der Waals surface area contributed by atoms with Crippen LogP contribution in [0.1, 0.15) is 5.56 Å². The van der Waals surface area contributed by atoms with Gasteiger partial charge in [-0.3, -0.25) is 10.2 Å². The van der Waals surface area contributed by atoms with Gasteiger partial charge in [0.05, 0.1) is 18.6 Å². The second-order valence-electron chi connectivity index (χ2n) is 2.26. The lowest BCUT2D eigenvalue weighted by molar-refractivity contribution is 0.257. The van der Waals surface area contributed by atoms with E-state index in [0.29, 0.717) is 18.6 Å². The average Bonchev–Trinajstić information content (AvgIpc) is 2.19. The SMILES string of the molecule is NNC(=O)SOCc1ccccc1. The molecule has 0 heterocycles. The lowest BCUT2D eigenvalue weighted by Gasteiger charge is -2.00. The van der Waals surface area contributed by atoms with Crippen LogP contribution in [0.5, 0.6) is 0 Å². The highest BCUT2D eigenvalue weighted by Crippen LogP contribution is 2.08. The molecule has 0 bridgehead atoms. The molecule has 0 aliphatic rings. The highest BCUT2D eigenvalue weighted by atomic mass is 32.2. The van der Waals surface area contributed by atoms with Gasteiger partial charge in [0, 0.05) is 0 Å². The molecule has 1 amide bonds. The summed E-state index contributed by atoms with van der Waals surface area (Å²) in [5.74, 6) is 4.85. The predicted octanol–water partition coefficient (Wildman–Crippen LogP) is 1.43. The number of hydrazine groups is 1. The Morgan fingerprint density at radius 1 is 1.46 bits per heavy atom. The summed E-state index contributed by atoms with van der Waals surface area (Å²) in [6, 6.07) is 9.57. The molecule has 0 saturated carbocycles. The van der Waals surface area contributed by atoms with E-state index in [2.05, 4.69) is 0 Å². The van der Waals surface area contributed by atoms with Crippen LogP contribution in [-0.2, 0) is 10.8 Å². The number of amides is 1. The molecular formula is C8H10N2O2S. The highest BCUT2D eigenvalue weighted by molar-refractivity contribution is 8.09. The Morgan fingerprint density at radius 3 is 2.77 bits per heavy atom. The summed E-state index contributed by atoms with van der Waals surface area (Å²) in [5, 5.41) is -0.407. The van der Waals surface area contributed by atoms with Gasteiger partial charge in [0.2, 0.25) is 0 Å². The molecule has 0 atom stereocenters. The molecule has 1 aromatic rings. The summed E-state index contributed by atoms with van der Waals surface area (Å²) in [6.45, 7) is 0.388. The zero-order chi connectivity index (χ0) is 9.52. The van der Waals surface area contributed by atoms with E-state index < -0.39 is 5.24 Å². The monoisotopic (exact) mass is 198 g/mol. The molecule has 5 heteroatoms. The summed E-state index contributed by atoms with van der Waals surface area (Å²) in [6.07, 6.45) is 0. The van der Waals surface area contributed by atoms with Crippen molar-refractivity contribution in [2.75, 3.05) is 0 Å². The minimum atomic E-state index is -0.407. The first-order valence-electron chi connectivity index (χ1n) is 3.67. The van der Waals surface area contributed by atoms with Crippen molar-refractivity contribution in [2.24, 2.45) is 5.84 Å². The molecular weight excluding hydrogens is 188 g/mol. The van der Waals surface area contributed by atoms with E-state index in [1.54, 1.807) is 0 Å². The largest absolute Gasteiger partial charge is 0.320 e. The van der Waals surface area contributed by atoms with Gasteiger partial charge >= 0.3 is 5.24 Å². The number of carbonyl (C=O) groups is 1. The van der Waals surface area contributed by atoms with Crippen LogP contribution in [0.15, 0.2) is 30.3 Å². The zero-order valence-corrected chi connectivity index (χ0v) is 7.71. The van der Waals surface area contributed by atoms with Crippen molar-refractivity contribution in [1.82, 2.24) is 5.43 Å². The van der Waals surface area contributed by atoms with Crippen molar-refractivity contribution in [3.63, 3.8) is 0 Å². The standard InChI is InChI=1S/C8H10N2O2S/c9-10-8(11)13-12-6-7-4-2-1-3-5-7/h1-5H,6,9H2,(H,10,11). The fraction of sp³-hybridized carbons (Fsp3) is 0.125. The number of rotatable bonds is 3. The quantitative estimate of drug-likeness (QED) is 0.334. The van der Waals surface area contributed by atoms with E-state index in [9.17, 15) is 4.79 Å². The van der Waals surface area contributed by atoms with E-state index >= 15 is 0 Å². The molecule has 4 nitrogen and oxygen atoms in total. The summed E-state index contributed by atoms with van der Waals surface area (Å²) in [7, 11) is 0. The third-order valence-electron chi connectivity index (χ3n) is 1.32. The van der Waals surface area contributed by atoms with E-state index in [0.717, 1.165) is 5.56 Å². The fourth-order valence-corrected chi connectivity index (χ4v) is 1.10. The van der Waals surface area contributed by atoms with E-state index in [1.807, 2.05) is 35.8 Å². The molecule has 0 aliphatic carbocycles. The van der Waals surface area contributed by atoms with Gasteiger partial charge in [0.1, 0.15) is 0 Å². The minimum Gasteiger partial charge on any atom is -0.302 e. The lowest BCUT2D eigenvalue weighted by Crippen LogP contribution is -2.26. The molecule has 0 fully saturated rings. The normalized spacial score (nSPS) is 9.62. The third kappa shape index (κ3) is 3.93. The topological polar surface area (TPSA) is 64.3 Å². The number of carbonyl (C=O) groups excluding carboxylic acids is 1. The summed E-state index contributed by atoms with van der Waals surface area (Å²) in [4.78, 5) is 10.6. The number of benzene rings is 1. The second kappa shape index (κ2) is 5.58. The molecule has 13 heavy (non-hydrogen) atoms. The molecule has 70 valence electrons. The highest BCUT2D eigenvalue weighted by Gasteiger charge is 1.99. The smallest absolute Gasteiger partial charge is 0.302 e. The molecule has 0 spiro atoms. The molecule has 1 aromatic carbocycles. The van der Waals surface area contributed by atoms with Crippen LogP contribution in [0.3, 0.4) is 0 Å². The van der Waals surface area contributed by atoms with Crippen LogP contribution in [0.2, 0.25) is 0 Å². The number of hydrogen-bond donors (Lipinski definition) is 2. The van der Waals surface area contributed by atoms with Crippen LogP contribution in [0, 0.1) is 0 Å². The average molecular weight is 198 g/mol. The van der Waals surface area contributed by atoms with Gasteiger partial charge in [0.15, 0.2) is 0 Å². The Bertz CT molecular complexity index is 266. The Morgan fingerprint density at radius 2 is 2.15 bits per heavy atom. The van der Waals surface area contributed by atoms with Crippen molar-refractivity contribution in [3.8, 4) is 0 Å². The van der Waals surface area contributed by atoms with Crippen molar-refractivity contribution < 1.29 is 8.98 Å². The van der Waals surface area contributed by atoms with Gasteiger partial charge in [-0.2, -0.15) is 0 Å². The number of hydrogen-bond acceptors (Lipinski definition) is 4. The number of nitrogens with two attached hydrogens (primary N) is 1. The van der Waals surface area contributed by atoms with Crippen molar-refractivity contribution in [3.05, 3.63) is 35.9 Å². The van der Waals surface area contributed by atoms with Crippen LogP contribution in [-0.4, -0.2) is 5.24 Å².